The topological polar surface area (TPSA) is 66.2 Å². The average Bonchev–Trinajstić information content (AvgIpc) is 3.14. The highest BCUT2D eigenvalue weighted by Crippen LogP contribution is 2.16. The van der Waals surface area contributed by atoms with Crippen LogP contribution in [0.1, 0.15) is 29.3 Å². The molecule has 0 aliphatic carbocycles. The number of rotatable bonds is 3. The first-order valence-electron chi connectivity index (χ1n) is 9.07. The highest BCUT2D eigenvalue weighted by atomic mass is 16.2. The lowest BCUT2D eigenvalue weighted by Crippen LogP contribution is -2.39. The number of imidazole rings is 2. The minimum absolute atomic E-state index is 0.246. The maximum Gasteiger partial charge on any atom is 0.332 e. The number of nitrogens with zero attached hydrogens (tertiary/aromatic N) is 5. The second-order valence-electron chi connectivity index (χ2n) is 7.13. The largest absolute Gasteiger partial charge is 0.332 e. The molecule has 0 unspecified atom stereocenters. The van der Waals surface area contributed by atoms with Crippen LogP contribution in [-0.2, 0) is 20.1 Å². The minimum Gasteiger partial charge on any atom is -0.314 e. The summed E-state index contributed by atoms with van der Waals surface area (Å²) in [5.41, 5.74) is 4.34. The van der Waals surface area contributed by atoms with E-state index in [4.69, 9.17) is 0 Å². The van der Waals surface area contributed by atoms with Crippen LogP contribution in [-0.4, -0.2) is 23.1 Å². The fourth-order valence-electron chi connectivity index (χ4n) is 3.73. The van der Waals surface area contributed by atoms with Gasteiger partial charge in [0.2, 0.25) is 5.78 Å². The zero-order chi connectivity index (χ0) is 19.5. The molecule has 0 atom stereocenters. The molecule has 0 aliphatic rings. The number of hydrogen-bond donors (Lipinski definition) is 0. The van der Waals surface area contributed by atoms with Crippen LogP contribution in [0.25, 0.3) is 16.9 Å². The van der Waals surface area contributed by atoms with Gasteiger partial charge in [-0.25, -0.2) is 4.79 Å². The second-order valence-corrected chi connectivity index (χ2v) is 7.13. The van der Waals surface area contributed by atoms with Crippen LogP contribution in [0.3, 0.4) is 0 Å². The monoisotopic (exact) mass is 365 g/mol. The molecule has 0 fully saturated rings. The maximum atomic E-state index is 13.3. The summed E-state index contributed by atoms with van der Waals surface area (Å²) in [6.45, 7) is 9.01. The molecule has 7 nitrogen and oxygen atoms in total. The Balaban J connectivity index is 2.04. The van der Waals surface area contributed by atoms with Crippen LogP contribution in [0.15, 0.2) is 34.0 Å². The van der Waals surface area contributed by atoms with Crippen molar-refractivity contribution in [2.24, 2.45) is 7.05 Å². The number of aromatic nitrogens is 5. The van der Waals surface area contributed by atoms with Gasteiger partial charge in [-0.15, -0.1) is 0 Å². The van der Waals surface area contributed by atoms with E-state index in [1.807, 2.05) is 56.7 Å². The van der Waals surface area contributed by atoms with Gasteiger partial charge in [-0.1, -0.05) is 23.8 Å². The molecular formula is C20H23N5O2. The summed E-state index contributed by atoms with van der Waals surface area (Å²) in [6.07, 6.45) is 1.91. The molecule has 7 heteroatoms. The van der Waals surface area contributed by atoms with Gasteiger partial charge in [0.15, 0.2) is 11.2 Å². The molecule has 4 aromatic rings. The molecule has 4 rings (SSSR count). The fourth-order valence-corrected chi connectivity index (χ4v) is 3.73. The highest BCUT2D eigenvalue weighted by Gasteiger charge is 2.20. The van der Waals surface area contributed by atoms with Crippen molar-refractivity contribution in [3.05, 3.63) is 67.6 Å². The summed E-state index contributed by atoms with van der Waals surface area (Å²) in [5.74, 6) is 0.682. The molecule has 3 heterocycles. The first kappa shape index (κ1) is 17.3. The molecule has 0 spiro atoms. The number of aryl methyl sites for hydroxylation is 5. The normalized spacial score (nSPS) is 11.7. The van der Waals surface area contributed by atoms with E-state index in [1.54, 1.807) is 11.4 Å². The Kier molecular flexibility index (Phi) is 3.83. The van der Waals surface area contributed by atoms with Gasteiger partial charge in [0.05, 0.1) is 6.54 Å². The lowest BCUT2D eigenvalue weighted by Gasteiger charge is -2.11. The molecule has 0 radical (unpaired) electrons. The second kappa shape index (κ2) is 5.97. The standard InChI is InChI=1S/C20H23N5O2/c1-6-23-14(4)10-24-16-17(21-19(23)24)22(5)20(27)25(18(16)26)11-15-9-12(2)7-8-13(15)3/h7-10H,6,11H2,1-5H3. The van der Waals surface area contributed by atoms with Gasteiger partial charge in [0.25, 0.3) is 5.56 Å². The van der Waals surface area contributed by atoms with Gasteiger partial charge in [0.1, 0.15) is 0 Å². The Morgan fingerprint density at radius 3 is 2.52 bits per heavy atom. The van der Waals surface area contributed by atoms with Crippen molar-refractivity contribution in [1.82, 2.24) is 23.1 Å². The summed E-state index contributed by atoms with van der Waals surface area (Å²) in [7, 11) is 1.67. The van der Waals surface area contributed by atoms with Crippen molar-refractivity contribution in [2.75, 3.05) is 0 Å². The predicted octanol–water partition coefficient (Wildman–Crippen LogP) is 2.14. The Morgan fingerprint density at radius 1 is 1.07 bits per heavy atom. The summed E-state index contributed by atoms with van der Waals surface area (Å²) in [6, 6.07) is 6.06. The van der Waals surface area contributed by atoms with E-state index in [9.17, 15) is 9.59 Å². The summed E-state index contributed by atoms with van der Waals surface area (Å²) in [5, 5.41) is 0. The first-order chi connectivity index (χ1) is 12.8. The van der Waals surface area contributed by atoms with Gasteiger partial charge >= 0.3 is 5.69 Å². The quantitative estimate of drug-likeness (QED) is 0.559. The summed E-state index contributed by atoms with van der Waals surface area (Å²) >= 11 is 0. The van der Waals surface area contributed by atoms with Gasteiger partial charge in [-0.3, -0.25) is 18.3 Å². The Hall–Kier alpha value is -3.09. The smallest absolute Gasteiger partial charge is 0.314 e. The zero-order valence-corrected chi connectivity index (χ0v) is 16.3. The highest BCUT2D eigenvalue weighted by molar-refractivity contribution is 5.75. The third-order valence-corrected chi connectivity index (χ3v) is 5.29. The van der Waals surface area contributed by atoms with Crippen LogP contribution in [0, 0.1) is 20.8 Å². The number of fused-ring (bicyclic) bond motifs is 3. The van der Waals surface area contributed by atoms with Crippen molar-refractivity contribution in [1.29, 1.82) is 0 Å². The van der Waals surface area contributed by atoms with E-state index < -0.39 is 0 Å². The van der Waals surface area contributed by atoms with Gasteiger partial charge in [-0.05, 0) is 38.8 Å². The SMILES string of the molecule is CCn1c(C)cn2c3c(=O)n(Cc4cc(C)ccc4C)c(=O)n(C)c3nc12. The van der Waals surface area contributed by atoms with Crippen LogP contribution >= 0.6 is 0 Å². The fraction of sp³-hybridized carbons (Fsp3) is 0.350. The minimum atomic E-state index is -0.353. The summed E-state index contributed by atoms with van der Waals surface area (Å²) in [4.78, 5) is 30.7. The molecular weight excluding hydrogens is 342 g/mol. The van der Waals surface area contributed by atoms with E-state index in [-0.39, 0.29) is 17.8 Å². The Morgan fingerprint density at radius 2 is 1.81 bits per heavy atom. The number of benzene rings is 1. The van der Waals surface area contributed by atoms with Crippen molar-refractivity contribution in [3.63, 3.8) is 0 Å². The average molecular weight is 365 g/mol. The van der Waals surface area contributed by atoms with E-state index in [0.717, 1.165) is 28.9 Å². The van der Waals surface area contributed by atoms with E-state index in [1.165, 1.54) is 9.13 Å². The molecule has 1 aromatic carbocycles. The molecule has 140 valence electrons. The van der Waals surface area contributed by atoms with E-state index in [0.29, 0.717) is 16.9 Å². The van der Waals surface area contributed by atoms with Gasteiger partial charge < -0.3 is 4.57 Å². The third-order valence-electron chi connectivity index (χ3n) is 5.29. The molecule has 0 amide bonds. The molecule has 0 bridgehead atoms. The molecule has 0 saturated heterocycles. The van der Waals surface area contributed by atoms with Crippen LogP contribution < -0.4 is 11.2 Å². The molecule has 27 heavy (non-hydrogen) atoms. The van der Waals surface area contributed by atoms with Gasteiger partial charge in [-0.2, -0.15) is 4.98 Å². The van der Waals surface area contributed by atoms with Crippen molar-refractivity contribution in [2.45, 2.75) is 40.8 Å². The molecule has 0 aliphatic heterocycles. The van der Waals surface area contributed by atoms with Crippen LogP contribution in [0.4, 0.5) is 0 Å². The number of hydrogen-bond acceptors (Lipinski definition) is 3. The van der Waals surface area contributed by atoms with Crippen molar-refractivity contribution >= 4 is 16.9 Å². The van der Waals surface area contributed by atoms with E-state index >= 15 is 0 Å². The molecule has 0 N–H and O–H groups in total. The van der Waals surface area contributed by atoms with E-state index in [2.05, 4.69) is 4.98 Å². The predicted molar refractivity (Wildman–Crippen MR) is 106 cm³/mol. The Labute approximate surface area is 156 Å². The van der Waals surface area contributed by atoms with Crippen LogP contribution in [0.2, 0.25) is 0 Å². The third kappa shape index (κ3) is 2.45. The summed E-state index contributed by atoms with van der Waals surface area (Å²) < 4.78 is 6.59. The maximum absolute atomic E-state index is 13.3. The van der Waals surface area contributed by atoms with Crippen LogP contribution in [0.5, 0.6) is 0 Å². The Bertz CT molecular complexity index is 1320. The zero-order valence-electron chi connectivity index (χ0n) is 16.3. The lowest BCUT2D eigenvalue weighted by atomic mass is 10.1. The van der Waals surface area contributed by atoms with Crippen molar-refractivity contribution < 1.29 is 0 Å². The lowest BCUT2D eigenvalue weighted by molar-refractivity contribution is 0.654. The molecule has 3 aromatic heterocycles. The molecule has 0 saturated carbocycles. The first-order valence-corrected chi connectivity index (χ1v) is 9.07. The van der Waals surface area contributed by atoms with Gasteiger partial charge in [0, 0.05) is 25.5 Å². The van der Waals surface area contributed by atoms with Crippen molar-refractivity contribution in [3.8, 4) is 0 Å².